The summed E-state index contributed by atoms with van der Waals surface area (Å²) >= 11 is 0. The SMILES string of the molecule is CCCCNS(=O)(=O)c1ccc(C(=O)NCc2ccccc2)cc1. The Morgan fingerprint density at radius 1 is 1.00 bits per heavy atom. The summed E-state index contributed by atoms with van der Waals surface area (Å²) in [4.78, 5) is 12.3. The van der Waals surface area contributed by atoms with E-state index in [-0.39, 0.29) is 10.8 Å². The predicted molar refractivity (Wildman–Crippen MR) is 94.2 cm³/mol. The Kier molecular flexibility index (Phi) is 6.52. The number of sulfonamides is 1. The second-order valence-electron chi connectivity index (χ2n) is 5.44. The molecule has 2 N–H and O–H groups in total. The molecule has 2 rings (SSSR count). The van der Waals surface area contributed by atoms with Crippen molar-refractivity contribution in [1.29, 1.82) is 0 Å². The van der Waals surface area contributed by atoms with Crippen LogP contribution in [0.2, 0.25) is 0 Å². The number of benzene rings is 2. The zero-order chi connectivity index (χ0) is 17.4. The zero-order valence-corrected chi connectivity index (χ0v) is 14.5. The van der Waals surface area contributed by atoms with Crippen molar-refractivity contribution in [2.24, 2.45) is 0 Å². The predicted octanol–water partition coefficient (Wildman–Crippen LogP) is 2.70. The van der Waals surface area contributed by atoms with E-state index in [0.29, 0.717) is 18.7 Å². The second-order valence-corrected chi connectivity index (χ2v) is 7.21. The minimum Gasteiger partial charge on any atom is -0.348 e. The summed E-state index contributed by atoms with van der Waals surface area (Å²) in [7, 11) is -3.51. The first-order chi connectivity index (χ1) is 11.5. The van der Waals surface area contributed by atoms with Crippen molar-refractivity contribution >= 4 is 15.9 Å². The van der Waals surface area contributed by atoms with Gasteiger partial charge >= 0.3 is 0 Å². The molecule has 0 saturated heterocycles. The lowest BCUT2D eigenvalue weighted by atomic mass is 10.2. The topological polar surface area (TPSA) is 75.3 Å². The van der Waals surface area contributed by atoms with Crippen molar-refractivity contribution < 1.29 is 13.2 Å². The minimum atomic E-state index is -3.51. The lowest BCUT2D eigenvalue weighted by Crippen LogP contribution is -2.25. The highest BCUT2D eigenvalue weighted by atomic mass is 32.2. The van der Waals surface area contributed by atoms with Crippen LogP contribution in [0.15, 0.2) is 59.5 Å². The van der Waals surface area contributed by atoms with Gasteiger partial charge in [-0.25, -0.2) is 13.1 Å². The van der Waals surface area contributed by atoms with Gasteiger partial charge in [-0.05, 0) is 36.2 Å². The molecule has 6 heteroatoms. The summed E-state index contributed by atoms with van der Waals surface area (Å²) in [5, 5.41) is 2.81. The molecule has 0 unspecified atom stereocenters. The number of rotatable bonds is 8. The molecule has 0 aliphatic carbocycles. The summed E-state index contributed by atoms with van der Waals surface area (Å²) in [6.07, 6.45) is 1.71. The molecule has 0 bridgehead atoms. The van der Waals surface area contributed by atoms with Crippen molar-refractivity contribution in [1.82, 2.24) is 10.0 Å². The van der Waals surface area contributed by atoms with Crippen molar-refractivity contribution in [3.05, 3.63) is 65.7 Å². The van der Waals surface area contributed by atoms with Gasteiger partial charge in [0, 0.05) is 18.7 Å². The van der Waals surface area contributed by atoms with Crippen LogP contribution < -0.4 is 10.0 Å². The first-order valence-electron chi connectivity index (χ1n) is 7.95. The highest BCUT2D eigenvalue weighted by molar-refractivity contribution is 7.89. The van der Waals surface area contributed by atoms with Gasteiger partial charge in [-0.3, -0.25) is 4.79 Å². The second kappa shape index (κ2) is 8.61. The molecule has 0 radical (unpaired) electrons. The van der Waals surface area contributed by atoms with Crippen LogP contribution in [-0.2, 0) is 16.6 Å². The first-order valence-corrected chi connectivity index (χ1v) is 9.43. The molecule has 1 amide bonds. The first kappa shape index (κ1) is 18.2. The molecule has 0 aliphatic heterocycles. The summed E-state index contributed by atoms with van der Waals surface area (Å²) in [5.74, 6) is -0.234. The number of nitrogens with one attached hydrogen (secondary N) is 2. The van der Waals surface area contributed by atoms with Crippen LogP contribution in [0.1, 0.15) is 35.7 Å². The monoisotopic (exact) mass is 346 g/mol. The molecular formula is C18H22N2O3S. The Morgan fingerprint density at radius 3 is 2.29 bits per heavy atom. The normalized spacial score (nSPS) is 11.2. The number of carbonyl (C=O) groups excluding carboxylic acids is 1. The molecule has 0 saturated carbocycles. The maximum atomic E-state index is 12.1. The van der Waals surface area contributed by atoms with Crippen LogP contribution in [-0.4, -0.2) is 20.9 Å². The standard InChI is InChI=1S/C18H22N2O3S/c1-2-3-13-20-24(22,23)17-11-9-16(10-12-17)18(21)19-14-15-7-5-4-6-8-15/h4-12,20H,2-3,13-14H2,1H3,(H,19,21). The molecule has 0 spiro atoms. The van der Waals surface area contributed by atoms with E-state index in [1.165, 1.54) is 24.3 Å². The molecule has 24 heavy (non-hydrogen) atoms. The number of hydrogen-bond donors (Lipinski definition) is 2. The molecule has 5 nitrogen and oxygen atoms in total. The molecule has 2 aromatic rings. The zero-order valence-electron chi connectivity index (χ0n) is 13.7. The quantitative estimate of drug-likeness (QED) is 0.722. The Bertz CT molecular complexity index is 757. The molecule has 0 aromatic heterocycles. The highest BCUT2D eigenvalue weighted by Gasteiger charge is 2.14. The number of hydrogen-bond acceptors (Lipinski definition) is 3. The molecule has 0 aliphatic rings. The lowest BCUT2D eigenvalue weighted by molar-refractivity contribution is 0.0951. The van der Waals surface area contributed by atoms with E-state index in [1.54, 1.807) is 0 Å². The maximum Gasteiger partial charge on any atom is 0.251 e. The summed E-state index contributed by atoms with van der Waals surface area (Å²) in [5.41, 5.74) is 1.43. The van der Waals surface area contributed by atoms with Crippen molar-refractivity contribution in [2.75, 3.05) is 6.54 Å². The fraction of sp³-hybridized carbons (Fsp3) is 0.278. The summed E-state index contributed by atoms with van der Waals surface area (Å²) in [6.45, 7) is 2.84. The molecule has 0 heterocycles. The average molecular weight is 346 g/mol. The van der Waals surface area contributed by atoms with Crippen LogP contribution in [0.4, 0.5) is 0 Å². The third-order valence-electron chi connectivity index (χ3n) is 3.55. The van der Waals surface area contributed by atoms with Gasteiger partial charge in [0.15, 0.2) is 0 Å². The van der Waals surface area contributed by atoms with Gasteiger partial charge in [0.25, 0.3) is 5.91 Å². The van der Waals surface area contributed by atoms with Gasteiger partial charge in [-0.1, -0.05) is 43.7 Å². The summed E-state index contributed by atoms with van der Waals surface area (Å²) < 4.78 is 26.7. The number of unbranched alkanes of at least 4 members (excludes halogenated alkanes) is 1. The van der Waals surface area contributed by atoms with Gasteiger partial charge in [0.1, 0.15) is 0 Å². The Labute approximate surface area is 143 Å². The van der Waals surface area contributed by atoms with E-state index in [0.717, 1.165) is 18.4 Å². The van der Waals surface area contributed by atoms with Crippen LogP contribution >= 0.6 is 0 Å². The van der Waals surface area contributed by atoms with E-state index in [9.17, 15) is 13.2 Å². The fourth-order valence-electron chi connectivity index (χ4n) is 2.13. The van der Waals surface area contributed by atoms with Crippen molar-refractivity contribution in [3.63, 3.8) is 0 Å². The average Bonchev–Trinajstić information content (AvgIpc) is 2.61. The third-order valence-corrected chi connectivity index (χ3v) is 5.02. The largest absolute Gasteiger partial charge is 0.348 e. The Morgan fingerprint density at radius 2 is 1.67 bits per heavy atom. The van der Waals surface area contributed by atoms with E-state index < -0.39 is 10.0 Å². The van der Waals surface area contributed by atoms with Crippen LogP contribution in [0.5, 0.6) is 0 Å². The molecule has 128 valence electrons. The van der Waals surface area contributed by atoms with Crippen LogP contribution in [0.25, 0.3) is 0 Å². The van der Waals surface area contributed by atoms with Gasteiger partial charge in [-0.2, -0.15) is 0 Å². The van der Waals surface area contributed by atoms with Gasteiger partial charge < -0.3 is 5.32 Å². The number of amides is 1. The van der Waals surface area contributed by atoms with E-state index in [2.05, 4.69) is 10.0 Å². The maximum absolute atomic E-state index is 12.1. The van der Waals surface area contributed by atoms with Gasteiger partial charge in [-0.15, -0.1) is 0 Å². The fourth-order valence-corrected chi connectivity index (χ4v) is 3.21. The van der Waals surface area contributed by atoms with Gasteiger partial charge in [0.2, 0.25) is 10.0 Å². The molecule has 0 atom stereocenters. The molecular weight excluding hydrogens is 324 g/mol. The Hall–Kier alpha value is -2.18. The van der Waals surface area contributed by atoms with E-state index >= 15 is 0 Å². The van der Waals surface area contributed by atoms with Crippen LogP contribution in [0, 0.1) is 0 Å². The van der Waals surface area contributed by atoms with Crippen LogP contribution in [0.3, 0.4) is 0 Å². The Balaban J connectivity index is 1.97. The van der Waals surface area contributed by atoms with Crippen molar-refractivity contribution in [2.45, 2.75) is 31.2 Å². The minimum absolute atomic E-state index is 0.165. The molecule has 0 fully saturated rings. The van der Waals surface area contributed by atoms with E-state index in [1.807, 2.05) is 37.3 Å². The lowest BCUT2D eigenvalue weighted by Gasteiger charge is -2.08. The number of carbonyl (C=O) groups is 1. The summed E-state index contributed by atoms with van der Waals surface area (Å²) in [6, 6.07) is 15.5. The smallest absolute Gasteiger partial charge is 0.251 e. The van der Waals surface area contributed by atoms with Gasteiger partial charge in [0.05, 0.1) is 4.90 Å². The molecule has 2 aromatic carbocycles. The third kappa shape index (κ3) is 5.18. The highest BCUT2D eigenvalue weighted by Crippen LogP contribution is 2.11. The van der Waals surface area contributed by atoms with E-state index in [4.69, 9.17) is 0 Å². The van der Waals surface area contributed by atoms with Crippen molar-refractivity contribution in [3.8, 4) is 0 Å².